The molecule has 0 aliphatic carbocycles. The van der Waals surface area contributed by atoms with Crippen molar-refractivity contribution in [2.45, 2.75) is 4.34 Å². The van der Waals surface area contributed by atoms with Crippen molar-refractivity contribution in [3.8, 4) is 5.75 Å². The summed E-state index contributed by atoms with van der Waals surface area (Å²) in [6, 6.07) is 20.7. The summed E-state index contributed by atoms with van der Waals surface area (Å²) < 4.78 is 7.02. The van der Waals surface area contributed by atoms with Gasteiger partial charge in [-0.3, -0.25) is 9.59 Å². The van der Waals surface area contributed by atoms with Gasteiger partial charge in [-0.2, -0.15) is 0 Å². The Morgan fingerprint density at radius 3 is 2.47 bits per heavy atom. The fourth-order valence-electron chi connectivity index (χ4n) is 4.22. The Labute approximate surface area is 230 Å². The molecular weight excluding hydrogens is 518 g/mol. The van der Waals surface area contributed by atoms with Crippen molar-refractivity contribution in [2.75, 3.05) is 61.6 Å². The zero-order chi connectivity index (χ0) is 26.5. The molecule has 0 spiro atoms. The number of rotatable bonds is 8. The van der Waals surface area contributed by atoms with E-state index in [2.05, 4.69) is 44.6 Å². The number of carbonyl (C=O) groups is 2. The van der Waals surface area contributed by atoms with Gasteiger partial charge in [-0.15, -0.1) is 11.3 Å². The molecule has 2 heterocycles. The summed E-state index contributed by atoms with van der Waals surface area (Å²) in [4.78, 5) is 34.6. The second kappa shape index (κ2) is 11.8. The first-order chi connectivity index (χ1) is 18.5. The highest BCUT2D eigenvalue weighted by atomic mass is 32.2. The average molecular weight is 548 g/mol. The minimum Gasteiger partial charge on any atom is -0.496 e. The maximum Gasteiger partial charge on any atom is 0.259 e. The van der Waals surface area contributed by atoms with Gasteiger partial charge in [0.1, 0.15) is 5.75 Å². The van der Waals surface area contributed by atoms with Crippen LogP contribution in [0.3, 0.4) is 0 Å². The van der Waals surface area contributed by atoms with Crippen LogP contribution >= 0.6 is 23.1 Å². The normalized spacial score (nSPS) is 13.9. The van der Waals surface area contributed by atoms with Gasteiger partial charge in [0.05, 0.1) is 28.6 Å². The summed E-state index contributed by atoms with van der Waals surface area (Å²) in [5, 5.41) is 5.89. The number of thioether (sulfide) groups is 1. The van der Waals surface area contributed by atoms with Gasteiger partial charge >= 0.3 is 0 Å². The Bertz CT molecular complexity index is 1430. The molecule has 1 aliphatic heterocycles. The lowest BCUT2D eigenvalue weighted by Gasteiger charge is -2.34. The second-order valence-corrected chi connectivity index (χ2v) is 11.2. The zero-order valence-corrected chi connectivity index (χ0v) is 22.9. The molecule has 5 rings (SSSR count). The number of para-hydroxylation sites is 1. The number of ether oxygens (including phenoxy) is 1. The molecular formula is C28H29N5O3S2. The van der Waals surface area contributed by atoms with Crippen LogP contribution in [0.25, 0.3) is 10.2 Å². The largest absolute Gasteiger partial charge is 0.496 e. The van der Waals surface area contributed by atoms with Crippen LogP contribution in [0.2, 0.25) is 0 Å². The molecule has 0 bridgehead atoms. The Morgan fingerprint density at radius 2 is 1.71 bits per heavy atom. The van der Waals surface area contributed by atoms with Crippen molar-refractivity contribution in [3.05, 3.63) is 72.3 Å². The number of benzene rings is 3. The van der Waals surface area contributed by atoms with Gasteiger partial charge in [0.25, 0.3) is 5.91 Å². The maximum absolute atomic E-state index is 12.7. The Morgan fingerprint density at radius 1 is 0.974 bits per heavy atom. The van der Waals surface area contributed by atoms with Gasteiger partial charge in [-0.25, -0.2) is 4.98 Å². The fourth-order valence-corrected chi connectivity index (χ4v) is 6.13. The van der Waals surface area contributed by atoms with E-state index >= 15 is 0 Å². The number of hydrogen-bond acceptors (Lipinski definition) is 8. The van der Waals surface area contributed by atoms with E-state index in [0.717, 1.165) is 46.4 Å². The predicted molar refractivity (Wildman–Crippen MR) is 156 cm³/mol. The summed E-state index contributed by atoms with van der Waals surface area (Å²) >= 11 is 2.89. The van der Waals surface area contributed by atoms with Crippen LogP contribution in [0, 0.1) is 0 Å². The van der Waals surface area contributed by atoms with Gasteiger partial charge in [0.2, 0.25) is 5.91 Å². The van der Waals surface area contributed by atoms with Crippen molar-refractivity contribution in [3.63, 3.8) is 0 Å². The third kappa shape index (κ3) is 6.27. The lowest BCUT2D eigenvalue weighted by molar-refractivity contribution is -0.113. The van der Waals surface area contributed by atoms with Crippen LogP contribution in [0.15, 0.2) is 71.1 Å². The molecule has 0 atom stereocenters. The average Bonchev–Trinajstić information content (AvgIpc) is 3.35. The monoisotopic (exact) mass is 547 g/mol. The number of methoxy groups -OCH3 is 1. The number of amides is 2. The Kier molecular flexibility index (Phi) is 8.11. The van der Waals surface area contributed by atoms with Crippen LogP contribution in [0.1, 0.15) is 10.4 Å². The highest BCUT2D eigenvalue weighted by molar-refractivity contribution is 8.01. The standard InChI is InChI=1S/C28H29N5O3S2/c1-32-13-15-33(16-14-32)21-10-7-19(8-11-21)29-26(34)18-37-28-31-23-12-9-20(17-25(23)38-28)30-27(35)22-5-3-4-6-24(22)36-2/h3-12,17H,13-16,18H2,1-2H3,(H,29,34)(H,30,35). The lowest BCUT2D eigenvalue weighted by Crippen LogP contribution is -2.44. The molecule has 38 heavy (non-hydrogen) atoms. The Balaban J connectivity index is 1.15. The van der Waals surface area contributed by atoms with E-state index in [4.69, 9.17) is 4.74 Å². The van der Waals surface area contributed by atoms with Crippen LogP contribution < -0.4 is 20.3 Å². The fraction of sp³-hybridized carbons (Fsp3) is 0.250. The number of piperazine rings is 1. The lowest BCUT2D eigenvalue weighted by atomic mass is 10.2. The van der Waals surface area contributed by atoms with E-state index < -0.39 is 0 Å². The number of fused-ring (bicyclic) bond motifs is 1. The second-order valence-electron chi connectivity index (χ2n) is 8.99. The molecule has 1 aromatic heterocycles. The number of likely N-dealkylation sites (N-methyl/N-ethyl adjacent to an activating group) is 1. The number of nitrogens with zero attached hydrogens (tertiary/aromatic N) is 3. The summed E-state index contributed by atoms with van der Waals surface area (Å²) in [6.45, 7) is 4.13. The van der Waals surface area contributed by atoms with Crippen LogP contribution in [0.5, 0.6) is 5.75 Å². The minimum absolute atomic E-state index is 0.0774. The van der Waals surface area contributed by atoms with E-state index in [1.807, 2.05) is 36.4 Å². The molecule has 10 heteroatoms. The molecule has 0 unspecified atom stereocenters. The molecule has 1 aliphatic rings. The first-order valence-corrected chi connectivity index (χ1v) is 14.1. The molecule has 1 saturated heterocycles. The topological polar surface area (TPSA) is 86.8 Å². The molecule has 0 saturated carbocycles. The summed E-state index contributed by atoms with van der Waals surface area (Å²) in [6.07, 6.45) is 0. The maximum atomic E-state index is 12.7. The quantitative estimate of drug-likeness (QED) is 0.299. The van der Waals surface area contributed by atoms with Crippen LogP contribution in [-0.4, -0.2) is 67.8 Å². The highest BCUT2D eigenvalue weighted by Gasteiger charge is 2.15. The van der Waals surface area contributed by atoms with Crippen molar-refractivity contribution in [1.29, 1.82) is 0 Å². The van der Waals surface area contributed by atoms with Crippen LogP contribution in [0.4, 0.5) is 17.1 Å². The molecule has 4 aromatic rings. The van der Waals surface area contributed by atoms with Crippen LogP contribution in [-0.2, 0) is 4.79 Å². The molecule has 3 aromatic carbocycles. The molecule has 1 fully saturated rings. The summed E-state index contributed by atoms with van der Waals surface area (Å²) in [5.74, 6) is 0.463. The minimum atomic E-state index is -0.242. The first kappa shape index (κ1) is 26.0. The van der Waals surface area contributed by atoms with E-state index in [1.54, 1.807) is 25.3 Å². The number of nitrogens with one attached hydrogen (secondary N) is 2. The number of carbonyl (C=O) groups excluding carboxylic acids is 2. The van der Waals surface area contributed by atoms with Crippen molar-refractivity contribution >= 4 is 62.2 Å². The number of anilines is 3. The third-order valence-electron chi connectivity index (χ3n) is 6.32. The SMILES string of the molecule is COc1ccccc1C(=O)Nc1ccc2nc(SCC(=O)Nc3ccc(N4CCN(C)CC4)cc3)sc2c1. The Hall–Kier alpha value is -3.60. The third-order valence-corrected chi connectivity index (χ3v) is 8.49. The van der Waals surface area contributed by atoms with Gasteiger partial charge in [-0.05, 0) is 61.6 Å². The summed E-state index contributed by atoms with van der Waals surface area (Å²) in [5.41, 5.74) is 3.93. The van der Waals surface area contributed by atoms with Crippen molar-refractivity contribution in [2.24, 2.45) is 0 Å². The zero-order valence-electron chi connectivity index (χ0n) is 21.3. The van der Waals surface area contributed by atoms with Gasteiger partial charge in [-0.1, -0.05) is 23.9 Å². The van der Waals surface area contributed by atoms with Gasteiger partial charge < -0.3 is 25.2 Å². The molecule has 2 amide bonds. The van der Waals surface area contributed by atoms with Crippen molar-refractivity contribution < 1.29 is 14.3 Å². The molecule has 0 radical (unpaired) electrons. The summed E-state index contributed by atoms with van der Waals surface area (Å²) in [7, 11) is 3.68. The van der Waals surface area contributed by atoms with E-state index in [-0.39, 0.29) is 17.6 Å². The predicted octanol–water partition coefficient (Wildman–Crippen LogP) is 5.04. The van der Waals surface area contributed by atoms with Gasteiger partial charge in [0, 0.05) is 43.2 Å². The number of hydrogen-bond donors (Lipinski definition) is 2. The van der Waals surface area contributed by atoms with E-state index in [9.17, 15) is 9.59 Å². The number of thiazole rings is 1. The van der Waals surface area contributed by atoms with E-state index in [0.29, 0.717) is 17.0 Å². The number of aromatic nitrogens is 1. The molecule has 2 N–H and O–H groups in total. The van der Waals surface area contributed by atoms with Gasteiger partial charge in [0.15, 0.2) is 4.34 Å². The molecule has 8 nitrogen and oxygen atoms in total. The smallest absolute Gasteiger partial charge is 0.259 e. The van der Waals surface area contributed by atoms with E-state index in [1.165, 1.54) is 28.8 Å². The molecule has 196 valence electrons. The first-order valence-electron chi connectivity index (χ1n) is 12.3. The van der Waals surface area contributed by atoms with Crippen molar-refractivity contribution in [1.82, 2.24) is 9.88 Å². The highest BCUT2D eigenvalue weighted by Crippen LogP contribution is 2.32.